The number of hydrogen-bond donors (Lipinski definition) is 1. The highest BCUT2D eigenvalue weighted by Crippen LogP contribution is 2.21. The maximum atomic E-state index is 11.9. The van der Waals surface area contributed by atoms with Gasteiger partial charge in [-0.15, -0.1) is 0 Å². The van der Waals surface area contributed by atoms with Gasteiger partial charge in [-0.1, -0.05) is 11.8 Å². The van der Waals surface area contributed by atoms with E-state index in [0.29, 0.717) is 10.7 Å². The number of hydrogen-bond acceptors (Lipinski definition) is 4. The summed E-state index contributed by atoms with van der Waals surface area (Å²) < 4.78 is 1.63. The minimum Gasteiger partial charge on any atom is -0.311 e. The lowest BCUT2D eigenvalue weighted by Gasteiger charge is -2.07. The third kappa shape index (κ3) is 2.68. The summed E-state index contributed by atoms with van der Waals surface area (Å²) in [4.78, 5) is 16.2. The Labute approximate surface area is 120 Å². The molecule has 0 saturated heterocycles. The zero-order valence-electron chi connectivity index (χ0n) is 11.5. The second-order valence-corrected chi connectivity index (χ2v) is 5.09. The first-order valence-corrected chi connectivity index (χ1v) is 7.17. The van der Waals surface area contributed by atoms with Gasteiger partial charge in [0, 0.05) is 18.0 Å². The van der Waals surface area contributed by atoms with E-state index in [1.807, 2.05) is 36.7 Å². The van der Waals surface area contributed by atoms with Crippen LogP contribution in [0.2, 0.25) is 0 Å². The molecule has 1 aromatic carbocycles. The number of pyridine rings is 1. The predicted molar refractivity (Wildman–Crippen MR) is 83.3 cm³/mol. The summed E-state index contributed by atoms with van der Waals surface area (Å²) in [5, 5.41) is 12.6. The molecule has 0 aliphatic carbocycles. The van der Waals surface area contributed by atoms with Crippen molar-refractivity contribution in [3.05, 3.63) is 40.2 Å². The fourth-order valence-corrected chi connectivity index (χ4v) is 2.34. The molecule has 1 heterocycles. The minimum absolute atomic E-state index is 0.00435. The molecule has 0 aliphatic rings. The van der Waals surface area contributed by atoms with Crippen LogP contribution in [0.4, 0.5) is 5.69 Å². The Bertz CT molecular complexity index is 786. The Hall–Kier alpha value is -2.26. The van der Waals surface area contributed by atoms with Crippen LogP contribution >= 0.6 is 11.8 Å². The van der Waals surface area contributed by atoms with E-state index < -0.39 is 0 Å². The van der Waals surface area contributed by atoms with Crippen molar-refractivity contribution in [1.29, 1.82) is 5.26 Å². The van der Waals surface area contributed by atoms with Crippen LogP contribution in [0.1, 0.15) is 5.56 Å². The third-order valence-corrected chi connectivity index (χ3v) is 3.55. The van der Waals surface area contributed by atoms with Crippen LogP contribution < -0.4 is 10.9 Å². The van der Waals surface area contributed by atoms with Gasteiger partial charge in [0.25, 0.3) is 5.56 Å². The van der Waals surface area contributed by atoms with E-state index in [-0.39, 0.29) is 5.56 Å². The first-order chi connectivity index (χ1) is 9.56. The first kappa shape index (κ1) is 14.2. The highest BCUT2D eigenvalue weighted by Gasteiger charge is 2.04. The second kappa shape index (κ2) is 5.80. The SMILES string of the molecule is CSC(=Nc1ccc2c(c1)cc(C)c(=O)n2C)NC#N. The summed E-state index contributed by atoms with van der Waals surface area (Å²) in [5.41, 5.74) is 2.30. The molecule has 102 valence electrons. The quantitative estimate of drug-likeness (QED) is 0.378. The van der Waals surface area contributed by atoms with Gasteiger partial charge in [0.15, 0.2) is 11.4 Å². The minimum atomic E-state index is 0.00435. The number of nitrogens with one attached hydrogen (secondary N) is 1. The Morgan fingerprint density at radius 1 is 1.45 bits per heavy atom. The van der Waals surface area contributed by atoms with E-state index in [0.717, 1.165) is 16.6 Å². The van der Waals surface area contributed by atoms with Crippen molar-refractivity contribution in [3.8, 4) is 6.19 Å². The van der Waals surface area contributed by atoms with Crippen molar-refractivity contribution in [3.63, 3.8) is 0 Å². The number of amidine groups is 1. The average Bonchev–Trinajstić information content (AvgIpc) is 2.44. The summed E-state index contributed by atoms with van der Waals surface area (Å²) in [7, 11) is 1.76. The molecule has 0 spiro atoms. The zero-order chi connectivity index (χ0) is 14.7. The van der Waals surface area contributed by atoms with Gasteiger partial charge in [0.05, 0.1) is 11.2 Å². The number of aliphatic imine (C=N–C) groups is 1. The second-order valence-electron chi connectivity index (χ2n) is 4.29. The monoisotopic (exact) mass is 286 g/mol. The van der Waals surface area contributed by atoms with Crippen molar-refractivity contribution in [2.24, 2.45) is 12.0 Å². The van der Waals surface area contributed by atoms with Gasteiger partial charge >= 0.3 is 0 Å². The Kier molecular flexibility index (Phi) is 4.11. The molecule has 5 nitrogen and oxygen atoms in total. The normalized spacial score (nSPS) is 11.4. The number of nitriles is 1. The molecule has 0 bridgehead atoms. The van der Waals surface area contributed by atoms with Gasteiger partial charge in [-0.3, -0.25) is 10.1 Å². The fourth-order valence-electron chi connectivity index (χ4n) is 1.99. The van der Waals surface area contributed by atoms with Crippen LogP contribution in [0.25, 0.3) is 10.9 Å². The van der Waals surface area contributed by atoms with Gasteiger partial charge < -0.3 is 4.57 Å². The number of aromatic nitrogens is 1. The Balaban J connectivity index is 2.58. The van der Waals surface area contributed by atoms with E-state index in [2.05, 4.69) is 10.3 Å². The summed E-state index contributed by atoms with van der Waals surface area (Å²) in [6.45, 7) is 1.79. The van der Waals surface area contributed by atoms with Crippen LogP contribution in [-0.4, -0.2) is 16.0 Å². The van der Waals surface area contributed by atoms with E-state index >= 15 is 0 Å². The van der Waals surface area contributed by atoms with Gasteiger partial charge in [-0.05, 0) is 37.4 Å². The smallest absolute Gasteiger partial charge is 0.253 e. The molecule has 1 N–H and O–H groups in total. The summed E-state index contributed by atoms with van der Waals surface area (Å²) in [5.74, 6) is 0. The topological polar surface area (TPSA) is 70.2 Å². The largest absolute Gasteiger partial charge is 0.311 e. The summed E-state index contributed by atoms with van der Waals surface area (Å²) in [6, 6.07) is 7.44. The third-order valence-electron chi connectivity index (χ3n) is 2.97. The molecule has 0 aliphatic heterocycles. The molecule has 0 saturated carbocycles. The van der Waals surface area contributed by atoms with Crippen LogP contribution in [-0.2, 0) is 7.05 Å². The molecule has 0 atom stereocenters. The van der Waals surface area contributed by atoms with Gasteiger partial charge in [0.1, 0.15) is 0 Å². The molecule has 0 fully saturated rings. The highest BCUT2D eigenvalue weighted by atomic mass is 32.2. The highest BCUT2D eigenvalue weighted by molar-refractivity contribution is 8.13. The van der Waals surface area contributed by atoms with E-state index in [1.165, 1.54) is 11.8 Å². The summed E-state index contributed by atoms with van der Waals surface area (Å²) >= 11 is 1.36. The number of rotatable bonds is 1. The Morgan fingerprint density at radius 3 is 2.85 bits per heavy atom. The Morgan fingerprint density at radius 2 is 2.20 bits per heavy atom. The van der Waals surface area contributed by atoms with Crippen molar-refractivity contribution in [2.45, 2.75) is 6.92 Å². The lowest BCUT2D eigenvalue weighted by molar-refractivity contribution is 0.893. The molecule has 0 unspecified atom stereocenters. The maximum Gasteiger partial charge on any atom is 0.253 e. The van der Waals surface area contributed by atoms with Crippen molar-refractivity contribution < 1.29 is 0 Å². The fraction of sp³-hybridized carbons (Fsp3) is 0.214. The molecule has 0 amide bonds. The number of aryl methyl sites for hydroxylation is 2. The van der Waals surface area contributed by atoms with Crippen LogP contribution in [0.3, 0.4) is 0 Å². The van der Waals surface area contributed by atoms with E-state index in [9.17, 15) is 4.79 Å². The van der Waals surface area contributed by atoms with Crippen molar-refractivity contribution in [1.82, 2.24) is 9.88 Å². The van der Waals surface area contributed by atoms with E-state index in [4.69, 9.17) is 5.26 Å². The van der Waals surface area contributed by atoms with Crippen LogP contribution in [0.5, 0.6) is 0 Å². The first-order valence-electron chi connectivity index (χ1n) is 5.95. The molecule has 2 rings (SSSR count). The van der Waals surface area contributed by atoms with E-state index in [1.54, 1.807) is 18.5 Å². The van der Waals surface area contributed by atoms with Crippen molar-refractivity contribution >= 4 is 33.5 Å². The van der Waals surface area contributed by atoms with Crippen LogP contribution in [0.15, 0.2) is 34.1 Å². The van der Waals surface area contributed by atoms with Gasteiger partial charge in [-0.2, -0.15) is 5.26 Å². The standard InChI is InChI=1S/C14H14N4OS/c1-9-6-10-7-11(17-14(20-3)16-8-15)4-5-12(10)18(2)13(9)19/h4-7H,1-3H3,(H,16,17). The predicted octanol–water partition coefficient (Wildman–Crippen LogP) is 2.27. The molecule has 2 aromatic rings. The number of thioether (sulfide) groups is 1. The van der Waals surface area contributed by atoms with Gasteiger partial charge in [0.2, 0.25) is 0 Å². The van der Waals surface area contributed by atoms with Crippen molar-refractivity contribution in [2.75, 3.05) is 6.26 Å². The maximum absolute atomic E-state index is 11.9. The molecule has 1 aromatic heterocycles. The molecule has 0 radical (unpaired) electrons. The van der Waals surface area contributed by atoms with Crippen LogP contribution in [0, 0.1) is 18.4 Å². The summed E-state index contributed by atoms with van der Waals surface area (Å²) in [6.07, 6.45) is 3.70. The lowest BCUT2D eigenvalue weighted by atomic mass is 10.1. The molecule has 20 heavy (non-hydrogen) atoms. The number of nitrogens with zero attached hydrogens (tertiary/aromatic N) is 3. The average molecular weight is 286 g/mol. The molecule has 6 heteroatoms. The molecular formula is C14H14N4OS. The number of fused-ring (bicyclic) bond motifs is 1. The number of benzene rings is 1. The zero-order valence-corrected chi connectivity index (χ0v) is 12.3. The van der Waals surface area contributed by atoms with Gasteiger partial charge in [-0.25, -0.2) is 4.99 Å². The lowest BCUT2D eigenvalue weighted by Crippen LogP contribution is -2.19. The molecular weight excluding hydrogens is 272 g/mol.